The molecule has 0 aromatic heterocycles. The lowest BCUT2D eigenvalue weighted by Crippen LogP contribution is -2.32. The van der Waals surface area contributed by atoms with Crippen LogP contribution in [0, 0.1) is 5.41 Å². The number of hydrogen-bond acceptors (Lipinski definition) is 3. The van der Waals surface area contributed by atoms with E-state index in [1.165, 1.54) is 0 Å². The zero-order chi connectivity index (χ0) is 17.6. The van der Waals surface area contributed by atoms with Crippen molar-refractivity contribution in [1.29, 1.82) is 0 Å². The molecule has 0 aliphatic carbocycles. The van der Waals surface area contributed by atoms with Crippen LogP contribution >= 0.6 is 0 Å². The Morgan fingerprint density at radius 1 is 0.955 bits per heavy atom. The summed E-state index contributed by atoms with van der Waals surface area (Å²) >= 11 is 0. The average molecular weight is 308 g/mol. The molecule has 3 nitrogen and oxygen atoms in total. The third kappa shape index (κ3) is 7.97. The minimum atomic E-state index is -1.32. The van der Waals surface area contributed by atoms with Crippen LogP contribution in [0.25, 0.3) is 0 Å². The molecule has 1 atom stereocenters. The molecule has 0 bridgehead atoms. The third-order valence-electron chi connectivity index (χ3n) is 3.47. The molecule has 0 spiro atoms. The lowest BCUT2D eigenvalue weighted by Gasteiger charge is -2.35. The smallest absolute Gasteiger partial charge is 0.427 e. The van der Waals surface area contributed by atoms with E-state index in [0.717, 1.165) is 17.5 Å². The first-order valence-electron chi connectivity index (χ1n) is 8.16. The Kier molecular flexibility index (Phi) is 8.38. The van der Waals surface area contributed by atoms with Crippen molar-refractivity contribution in [2.24, 2.45) is 5.41 Å². The summed E-state index contributed by atoms with van der Waals surface area (Å²) in [5, 5.41) is 28.4. The van der Waals surface area contributed by atoms with Gasteiger partial charge in [0.15, 0.2) is 0 Å². The van der Waals surface area contributed by atoms with Crippen molar-refractivity contribution in [1.82, 2.24) is 0 Å². The molecule has 0 aliphatic heterocycles. The minimum Gasteiger partial charge on any atom is -0.427 e. The van der Waals surface area contributed by atoms with Gasteiger partial charge in [-0.05, 0) is 31.2 Å². The molecule has 0 saturated heterocycles. The van der Waals surface area contributed by atoms with Gasteiger partial charge in [-0.25, -0.2) is 0 Å². The summed E-state index contributed by atoms with van der Waals surface area (Å²) in [5.74, 6) is 0.0515. The van der Waals surface area contributed by atoms with Gasteiger partial charge in [-0.2, -0.15) is 0 Å². The van der Waals surface area contributed by atoms with Gasteiger partial charge in [0.05, 0.1) is 5.60 Å². The Morgan fingerprint density at radius 3 is 1.73 bits per heavy atom. The number of hydrogen-bond donors (Lipinski definition) is 3. The molecule has 0 aliphatic rings. The van der Waals surface area contributed by atoms with E-state index in [4.69, 9.17) is 10.0 Å². The summed E-state index contributed by atoms with van der Waals surface area (Å²) in [5.41, 5.74) is 1.31. The van der Waals surface area contributed by atoms with Crippen LogP contribution in [-0.2, 0) is 6.32 Å². The molecule has 1 aromatic carbocycles. The first kappa shape index (κ1) is 21.2. The van der Waals surface area contributed by atoms with Crippen LogP contribution in [-0.4, -0.2) is 27.9 Å². The lowest BCUT2D eigenvalue weighted by molar-refractivity contribution is 0.0344. The highest BCUT2D eigenvalue weighted by Gasteiger charge is 2.32. The second kappa shape index (κ2) is 8.71. The molecule has 22 heavy (non-hydrogen) atoms. The fourth-order valence-electron chi connectivity index (χ4n) is 2.48. The van der Waals surface area contributed by atoms with Gasteiger partial charge in [0, 0.05) is 12.2 Å². The molecule has 1 rings (SSSR count). The van der Waals surface area contributed by atoms with E-state index in [0.29, 0.717) is 0 Å². The van der Waals surface area contributed by atoms with E-state index in [-0.39, 0.29) is 17.7 Å². The minimum absolute atomic E-state index is 0.0515. The second-order valence-electron chi connectivity index (χ2n) is 7.40. The van der Waals surface area contributed by atoms with Gasteiger partial charge >= 0.3 is 7.12 Å². The molecular formula is C18H33BO3. The maximum absolute atomic E-state index is 10.4. The summed E-state index contributed by atoms with van der Waals surface area (Å²) in [4.78, 5) is 0. The summed E-state index contributed by atoms with van der Waals surface area (Å²) in [6.45, 7) is 14.2. The fourth-order valence-corrected chi connectivity index (χ4v) is 2.48. The number of benzene rings is 1. The molecule has 1 aromatic rings. The Balaban J connectivity index is 0.00000211. The van der Waals surface area contributed by atoms with Crippen LogP contribution in [0.1, 0.15) is 71.9 Å². The predicted molar refractivity (Wildman–Crippen MR) is 94.8 cm³/mol. The van der Waals surface area contributed by atoms with Crippen LogP contribution in [0.5, 0.6) is 0 Å². The van der Waals surface area contributed by atoms with Gasteiger partial charge in [-0.15, -0.1) is 0 Å². The Bertz CT molecular complexity index is 413. The highest BCUT2D eigenvalue weighted by Crippen LogP contribution is 2.38. The van der Waals surface area contributed by atoms with Crippen LogP contribution < -0.4 is 0 Å². The SMILES string of the molecule is CC.CC(C)(C)CC(c1ccc(CB(O)O)cc1)C(C)(C)O. The highest BCUT2D eigenvalue weighted by atomic mass is 16.4. The average Bonchev–Trinajstić information content (AvgIpc) is 2.37. The molecule has 4 heteroatoms. The van der Waals surface area contributed by atoms with Gasteiger partial charge in [-0.3, -0.25) is 0 Å². The topological polar surface area (TPSA) is 60.7 Å². The first-order valence-corrected chi connectivity index (χ1v) is 8.16. The van der Waals surface area contributed by atoms with Crippen molar-refractivity contribution in [3.63, 3.8) is 0 Å². The molecule has 0 radical (unpaired) electrons. The Morgan fingerprint density at radius 2 is 1.41 bits per heavy atom. The number of aliphatic hydroxyl groups is 1. The van der Waals surface area contributed by atoms with Crippen molar-refractivity contribution < 1.29 is 15.2 Å². The largest absolute Gasteiger partial charge is 0.456 e. The monoisotopic (exact) mass is 308 g/mol. The van der Waals surface area contributed by atoms with E-state index in [1.54, 1.807) is 0 Å². The van der Waals surface area contributed by atoms with Crippen LogP contribution in [0.4, 0.5) is 0 Å². The molecule has 0 heterocycles. The molecule has 1 unspecified atom stereocenters. The Labute approximate surface area is 136 Å². The van der Waals surface area contributed by atoms with E-state index in [1.807, 2.05) is 52.0 Å². The second-order valence-corrected chi connectivity index (χ2v) is 7.40. The van der Waals surface area contributed by atoms with Crippen LogP contribution in [0.3, 0.4) is 0 Å². The predicted octanol–water partition coefficient (Wildman–Crippen LogP) is 3.56. The van der Waals surface area contributed by atoms with Crippen molar-refractivity contribution in [3.8, 4) is 0 Å². The molecule has 126 valence electrons. The summed E-state index contributed by atoms with van der Waals surface area (Å²) in [6, 6.07) is 7.75. The van der Waals surface area contributed by atoms with Gasteiger partial charge in [0.25, 0.3) is 0 Å². The zero-order valence-corrected chi connectivity index (χ0v) is 15.2. The third-order valence-corrected chi connectivity index (χ3v) is 3.47. The highest BCUT2D eigenvalue weighted by molar-refractivity contribution is 6.40. The van der Waals surface area contributed by atoms with Crippen molar-refractivity contribution in [3.05, 3.63) is 35.4 Å². The molecule has 0 fully saturated rings. The lowest BCUT2D eigenvalue weighted by atomic mass is 9.73. The standard InChI is InChI=1S/C16H27BO3.C2H6/c1-15(2,3)10-14(16(4,5)18)13-8-6-12(7-9-13)11-17(19)20;1-2/h6-9,14,18-20H,10-11H2,1-5H3;1-2H3. The Hall–Kier alpha value is -0.835. The maximum atomic E-state index is 10.4. The molecular weight excluding hydrogens is 275 g/mol. The molecule has 0 saturated carbocycles. The van der Waals surface area contributed by atoms with E-state index in [9.17, 15) is 5.11 Å². The van der Waals surface area contributed by atoms with Crippen LogP contribution in [0.2, 0.25) is 0 Å². The number of rotatable bonds is 5. The van der Waals surface area contributed by atoms with E-state index < -0.39 is 12.7 Å². The van der Waals surface area contributed by atoms with Crippen molar-refractivity contribution in [2.75, 3.05) is 0 Å². The van der Waals surface area contributed by atoms with Gasteiger partial charge in [0.1, 0.15) is 0 Å². The quantitative estimate of drug-likeness (QED) is 0.729. The summed E-state index contributed by atoms with van der Waals surface area (Å²) in [6.07, 6.45) is 1.12. The van der Waals surface area contributed by atoms with Crippen LogP contribution in [0.15, 0.2) is 24.3 Å². The zero-order valence-electron chi connectivity index (χ0n) is 15.2. The van der Waals surface area contributed by atoms with Gasteiger partial charge in [0.2, 0.25) is 0 Å². The van der Waals surface area contributed by atoms with Crippen molar-refractivity contribution in [2.45, 2.75) is 72.7 Å². The van der Waals surface area contributed by atoms with Gasteiger partial charge in [-0.1, -0.05) is 64.4 Å². The summed E-state index contributed by atoms with van der Waals surface area (Å²) < 4.78 is 0. The fraction of sp³-hybridized carbons (Fsp3) is 0.667. The van der Waals surface area contributed by atoms with Crippen molar-refractivity contribution >= 4 is 7.12 Å². The summed E-state index contributed by atoms with van der Waals surface area (Å²) in [7, 11) is -1.32. The first-order chi connectivity index (χ1) is 9.99. The van der Waals surface area contributed by atoms with E-state index >= 15 is 0 Å². The van der Waals surface area contributed by atoms with E-state index in [2.05, 4.69) is 20.8 Å². The maximum Gasteiger partial charge on any atom is 0.456 e. The van der Waals surface area contributed by atoms with Gasteiger partial charge < -0.3 is 15.2 Å². The molecule has 0 amide bonds. The molecule has 3 N–H and O–H groups in total. The normalized spacial score (nSPS) is 13.2.